The Kier molecular flexibility index (Phi) is 3.50. The Hall–Kier alpha value is -2.04. The first-order valence-electron chi connectivity index (χ1n) is 6.00. The van der Waals surface area contributed by atoms with Crippen LogP contribution in [0.2, 0.25) is 0 Å². The lowest BCUT2D eigenvalue weighted by atomic mass is 10.0. The smallest absolute Gasteiger partial charge is 0.253 e. The summed E-state index contributed by atoms with van der Waals surface area (Å²) < 4.78 is 0. The number of carbonyl (C=O) groups is 2. The van der Waals surface area contributed by atoms with Crippen molar-refractivity contribution >= 4 is 17.5 Å². The molecule has 2 rings (SSSR count). The minimum absolute atomic E-state index is 0.0193. The van der Waals surface area contributed by atoms with E-state index < -0.39 is 0 Å². The van der Waals surface area contributed by atoms with Gasteiger partial charge in [-0.2, -0.15) is 0 Å². The van der Waals surface area contributed by atoms with Gasteiger partial charge in [-0.05, 0) is 25.0 Å². The molecule has 18 heavy (non-hydrogen) atoms. The number of hydrogen-bond donors (Lipinski definition) is 3. The number of hydrogen-bond acceptors (Lipinski definition) is 3. The molecular weight excluding hydrogens is 230 g/mol. The van der Waals surface area contributed by atoms with Crippen LogP contribution in [0.5, 0.6) is 0 Å². The zero-order valence-electron chi connectivity index (χ0n) is 10.3. The van der Waals surface area contributed by atoms with Crippen LogP contribution in [-0.2, 0) is 4.79 Å². The Bertz CT molecular complexity index is 455. The number of piperidine rings is 1. The summed E-state index contributed by atoms with van der Waals surface area (Å²) in [4.78, 5) is 23.2. The lowest BCUT2D eigenvalue weighted by Crippen LogP contribution is -2.47. The van der Waals surface area contributed by atoms with Gasteiger partial charge in [-0.3, -0.25) is 9.59 Å². The third kappa shape index (κ3) is 2.61. The maximum atomic E-state index is 12.1. The van der Waals surface area contributed by atoms with Crippen LogP contribution in [0.25, 0.3) is 0 Å². The third-order valence-electron chi connectivity index (χ3n) is 3.13. The monoisotopic (exact) mass is 247 g/mol. The summed E-state index contributed by atoms with van der Waals surface area (Å²) in [5.41, 5.74) is 7.67. The van der Waals surface area contributed by atoms with Crippen LogP contribution in [-0.4, -0.2) is 24.4 Å². The summed E-state index contributed by atoms with van der Waals surface area (Å²) >= 11 is 0. The zero-order chi connectivity index (χ0) is 13.1. The SMILES string of the molecule is Cc1cccc(N)c1C(=O)NC1CCC(=O)NC1. The average molecular weight is 247 g/mol. The summed E-state index contributed by atoms with van der Waals surface area (Å²) in [6.07, 6.45) is 1.12. The highest BCUT2D eigenvalue weighted by Gasteiger charge is 2.21. The fraction of sp³-hybridized carbons (Fsp3) is 0.385. The molecule has 1 heterocycles. The van der Waals surface area contributed by atoms with Crippen LogP contribution in [0, 0.1) is 6.92 Å². The van der Waals surface area contributed by atoms with Crippen molar-refractivity contribution in [3.05, 3.63) is 29.3 Å². The highest BCUT2D eigenvalue weighted by molar-refractivity contribution is 6.00. The summed E-state index contributed by atoms with van der Waals surface area (Å²) in [6, 6.07) is 5.37. The van der Waals surface area contributed by atoms with Gasteiger partial charge in [-0.1, -0.05) is 12.1 Å². The zero-order valence-corrected chi connectivity index (χ0v) is 10.3. The molecule has 0 spiro atoms. The topological polar surface area (TPSA) is 84.2 Å². The number of anilines is 1. The molecule has 1 aromatic rings. The van der Waals surface area contributed by atoms with Gasteiger partial charge in [0, 0.05) is 24.7 Å². The molecule has 5 heteroatoms. The Labute approximate surface area is 106 Å². The van der Waals surface area contributed by atoms with Crippen molar-refractivity contribution in [1.29, 1.82) is 0 Å². The Morgan fingerprint density at radius 2 is 2.28 bits per heavy atom. The van der Waals surface area contributed by atoms with Crippen LogP contribution in [0.4, 0.5) is 5.69 Å². The van der Waals surface area contributed by atoms with E-state index >= 15 is 0 Å². The van der Waals surface area contributed by atoms with E-state index in [0.29, 0.717) is 30.6 Å². The maximum absolute atomic E-state index is 12.1. The maximum Gasteiger partial charge on any atom is 0.253 e. The van der Waals surface area contributed by atoms with E-state index in [1.54, 1.807) is 6.07 Å². The predicted octanol–water partition coefficient (Wildman–Crippen LogP) is 0.586. The minimum atomic E-state index is -0.174. The number of nitrogen functional groups attached to an aromatic ring is 1. The van der Waals surface area contributed by atoms with Crippen molar-refractivity contribution < 1.29 is 9.59 Å². The first kappa shape index (κ1) is 12.4. The average Bonchev–Trinajstić information content (AvgIpc) is 2.32. The molecule has 0 aromatic heterocycles. The van der Waals surface area contributed by atoms with E-state index in [2.05, 4.69) is 10.6 Å². The number of carbonyl (C=O) groups excluding carboxylic acids is 2. The highest BCUT2D eigenvalue weighted by atomic mass is 16.2. The third-order valence-corrected chi connectivity index (χ3v) is 3.13. The molecule has 0 aliphatic carbocycles. The molecule has 5 nitrogen and oxygen atoms in total. The fourth-order valence-electron chi connectivity index (χ4n) is 2.11. The van der Waals surface area contributed by atoms with Gasteiger partial charge in [-0.15, -0.1) is 0 Å². The molecule has 1 atom stereocenters. The molecular formula is C13H17N3O2. The normalized spacial score (nSPS) is 19.2. The number of nitrogens with two attached hydrogens (primary N) is 1. The van der Waals surface area contributed by atoms with E-state index in [9.17, 15) is 9.59 Å². The highest BCUT2D eigenvalue weighted by Crippen LogP contribution is 2.16. The molecule has 1 aliphatic heterocycles. The molecule has 1 unspecified atom stereocenters. The molecule has 1 aliphatic rings. The second-order valence-electron chi connectivity index (χ2n) is 4.55. The van der Waals surface area contributed by atoms with Gasteiger partial charge in [0.2, 0.25) is 5.91 Å². The van der Waals surface area contributed by atoms with Gasteiger partial charge in [0.1, 0.15) is 0 Å². The number of rotatable bonds is 2. The first-order valence-corrected chi connectivity index (χ1v) is 6.00. The van der Waals surface area contributed by atoms with Gasteiger partial charge in [-0.25, -0.2) is 0 Å². The van der Waals surface area contributed by atoms with Gasteiger partial charge >= 0.3 is 0 Å². The van der Waals surface area contributed by atoms with Crippen molar-refractivity contribution in [3.8, 4) is 0 Å². The molecule has 0 bridgehead atoms. The van der Waals surface area contributed by atoms with E-state index in [0.717, 1.165) is 5.56 Å². The Balaban J connectivity index is 2.06. The Morgan fingerprint density at radius 3 is 2.89 bits per heavy atom. The Morgan fingerprint density at radius 1 is 1.50 bits per heavy atom. The van der Waals surface area contributed by atoms with Crippen LogP contribution < -0.4 is 16.4 Å². The number of benzene rings is 1. The van der Waals surface area contributed by atoms with Crippen LogP contribution in [0.15, 0.2) is 18.2 Å². The van der Waals surface area contributed by atoms with Gasteiger partial charge in [0.05, 0.1) is 5.56 Å². The van der Waals surface area contributed by atoms with E-state index in [4.69, 9.17) is 5.73 Å². The number of aryl methyl sites for hydroxylation is 1. The summed E-state index contributed by atoms with van der Waals surface area (Å²) in [6.45, 7) is 2.34. The van der Waals surface area contributed by atoms with Crippen molar-refractivity contribution in [2.75, 3.05) is 12.3 Å². The standard InChI is InChI=1S/C13H17N3O2/c1-8-3-2-4-10(14)12(8)13(18)16-9-5-6-11(17)15-7-9/h2-4,9H,5-7,14H2,1H3,(H,15,17)(H,16,18). The van der Waals surface area contributed by atoms with Crippen LogP contribution in [0.1, 0.15) is 28.8 Å². The largest absolute Gasteiger partial charge is 0.398 e. The molecule has 4 N–H and O–H groups in total. The second-order valence-corrected chi connectivity index (χ2v) is 4.55. The lowest BCUT2D eigenvalue weighted by molar-refractivity contribution is -0.122. The summed E-state index contributed by atoms with van der Waals surface area (Å²) in [5.74, 6) is -0.136. The van der Waals surface area contributed by atoms with E-state index in [-0.39, 0.29) is 17.9 Å². The van der Waals surface area contributed by atoms with E-state index in [1.165, 1.54) is 0 Å². The van der Waals surface area contributed by atoms with Crippen molar-refractivity contribution in [2.24, 2.45) is 0 Å². The lowest BCUT2D eigenvalue weighted by Gasteiger charge is -2.24. The van der Waals surface area contributed by atoms with Crippen LogP contribution >= 0.6 is 0 Å². The van der Waals surface area contributed by atoms with Gasteiger partial charge < -0.3 is 16.4 Å². The quantitative estimate of drug-likeness (QED) is 0.669. The summed E-state index contributed by atoms with van der Waals surface area (Å²) in [7, 11) is 0. The van der Waals surface area contributed by atoms with Crippen molar-refractivity contribution in [1.82, 2.24) is 10.6 Å². The van der Waals surface area contributed by atoms with Crippen molar-refractivity contribution in [3.63, 3.8) is 0 Å². The number of amides is 2. The predicted molar refractivity (Wildman–Crippen MR) is 69.1 cm³/mol. The minimum Gasteiger partial charge on any atom is -0.398 e. The molecule has 0 saturated carbocycles. The number of nitrogens with one attached hydrogen (secondary N) is 2. The molecule has 1 saturated heterocycles. The van der Waals surface area contributed by atoms with E-state index in [1.807, 2.05) is 19.1 Å². The second kappa shape index (κ2) is 5.08. The van der Waals surface area contributed by atoms with Gasteiger partial charge in [0.25, 0.3) is 5.91 Å². The van der Waals surface area contributed by atoms with Crippen molar-refractivity contribution in [2.45, 2.75) is 25.8 Å². The molecule has 1 aromatic carbocycles. The molecule has 96 valence electrons. The molecule has 2 amide bonds. The first-order chi connectivity index (χ1) is 8.58. The van der Waals surface area contributed by atoms with Gasteiger partial charge in [0.15, 0.2) is 0 Å². The molecule has 0 radical (unpaired) electrons. The molecule has 1 fully saturated rings. The fourth-order valence-corrected chi connectivity index (χ4v) is 2.11. The summed E-state index contributed by atoms with van der Waals surface area (Å²) in [5, 5.41) is 5.64. The van der Waals surface area contributed by atoms with Crippen LogP contribution in [0.3, 0.4) is 0 Å².